The second-order valence-corrected chi connectivity index (χ2v) is 7.81. The van der Waals surface area contributed by atoms with Crippen molar-refractivity contribution in [2.75, 3.05) is 16.5 Å². The molecular formula is C23H22N6. The van der Waals surface area contributed by atoms with Gasteiger partial charge in [0.2, 0.25) is 0 Å². The second kappa shape index (κ2) is 5.98. The van der Waals surface area contributed by atoms with E-state index in [-0.39, 0.29) is 0 Å². The van der Waals surface area contributed by atoms with Crippen LogP contribution in [0.1, 0.15) is 22.5 Å². The van der Waals surface area contributed by atoms with Crippen molar-refractivity contribution >= 4 is 11.6 Å². The van der Waals surface area contributed by atoms with Gasteiger partial charge in [-0.2, -0.15) is 10.2 Å². The summed E-state index contributed by atoms with van der Waals surface area (Å²) in [5.74, 6) is 2.42. The fourth-order valence-corrected chi connectivity index (χ4v) is 4.58. The highest BCUT2D eigenvalue weighted by molar-refractivity contribution is 5.68. The van der Waals surface area contributed by atoms with Gasteiger partial charge in [-0.15, -0.1) is 0 Å². The van der Waals surface area contributed by atoms with Crippen molar-refractivity contribution in [1.29, 1.82) is 0 Å². The molecule has 4 aromatic rings. The lowest BCUT2D eigenvalue weighted by Crippen LogP contribution is -2.47. The minimum Gasteiger partial charge on any atom is -0.334 e. The van der Waals surface area contributed by atoms with Crippen LogP contribution in [-0.2, 0) is 13.1 Å². The molecule has 2 aliphatic heterocycles. The molecule has 29 heavy (non-hydrogen) atoms. The van der Waals surface area contributed by atoms with Gasteiger partial charge >= 0.3 is 0 Å². The molecule has 0 unspecified atom stereocenters. The summed E-state index contributed by atoms with van der Waals surface area (Å²) in [6, 6.07) is 20.8. The smallest absolute Gasteiger partial charge is 0.139 e. The van der Waals surface area contributed by atoms with Crippen LogP contribution in [0.25, 0.3) is 11.4 Å². The predicted molar refractivity (Wildman–Crippen MR) is 114 cm³/mol. The highest BCUT2D eigenvalue weighted by Crippen LogP contribution is 2.41. The van der Waals surface area contributed by atoms with Gasteiger partial charge in [0.05, 0.1) is 42.5 Å². The largest absolute Gasteiger partial charge is 0.334 e. The summed E-state index contributed by atoms with van der Waals surface area (Å²) in [7, 11) is 0. The molecular weight excluding hydrogens is 360 g/mol. The van der Waals surface area contributed by atoms with E-state index in [1.54, 1.807) is 0 Å². The maximum atomic E-state index is 4.90. The molecule has 6 heteroatoms. The van der Waals surface area contributed by atoms with Crippen molar-refractivity contribution in [1.82, 2.24) is 19.6 Å². The van der Waals surface area contributed by atoms with Gasteiger partial charge in [0.25, 0.3) is 0 Å². The van der Waals surface area contributed by atoms with Gasteiger partial charge < -0.3 is 9.80 Å². The average molecular weight is 382 g/mol. The molecule has 2 aliphatic rings. The van der Waals surface area contributed by atoms with E-state index in [9.17, 15) is 0 Å². The zero-order valence-corrected chi connectivity index (χ0v) is 16.6. The zero-order valence-electron chi connectivity index (χ0n) is 16.6. The van der Waals surface area contributed by atoms with Crippen molar-refractivity contribution in [3.05, 3.63) is 83.2 Å². The Hall–Kier alpha value is -3.54. The van der Waals surface area contributed by atoms with E-state index in [0.29, 0.717) is 0 Å². The molecule has 2 aromatic carbocycles. The lowest BCUT2D eigenvalue weighted by molar-refractivity contribution is 0.618. The Balaban J connectivity index is 1.49. The van der Waals surface area contributed by atoms with Crippen LogP contribution in [0.5, 0.6) is 0 Å². The fraction of sp³-hybridized carbons (Fsp3) is 0.217. The Bertz CT molecular complexity index is 1110. The van der Waals surface area contributed by atoms with Crippen LogP contribution < -0.4 is 9.80 Å². The summed E-state index contributed by atoms with van der Waals surface area (Å²) in [5, 5.41) is 9.80. The minimum absolute atomic E-state index is 0.843. The highest BCUT2D eigenvalue weighted by atomic mass is 15.5. The molecule has 6 rings (SSSR count). The topological polar surface area (TPSA) is 42.1 Å². The van der Waals surface area contributed by atoms with Gasteiger partial charge in [-0.3, -0.25) is 0 Å². The number of fused-ring (bicyclic) bond motifs is 6. The molecule has 2 aromatic heterocycles. The van der Waals surface area contributed by atoms with E-state index < -0.39 is 0 Å². The molecule has 144 valence electrons. The summed E-state index contributed by atoms with van der Waals surface area (Å²) in [4.78, 5) is 4.86. The van der Waals surface area contributed by atoms with E-state index in [2.05, 4.69) is 81.5 Å². The first-order valence-corrected chi connectivity index (χ1v) is 9.98. The third kappa shape index (κ3) is 2.35. The molecule has 0 aliphatic carbocycles. The molecule has 0 spiro atoms. The summed E-state index contributed by atoms with van der Waals surface area (Å²) in [6.45, 7) is 6.76. The Morgan fingerprint density at radius 1 is 0.621 bits per heavy atom. The first-order valence-electron chi connectivity index (χ1n) is 9.98. The number of rotatable bonds is 2. The fourth-order valence-electron chi connectivity index (χ4n) is 4.58. The molecule has 6 nitrogen and oxygen atoms in total. The predicted octanol–water partition coefficient (Wildman–Crippen LogP) is 3.97. The van der Waals surface area contributed by atoms with Crippen LogP contribution in [0, 0.1) is 13.8 Å². The highest BCUT2D eigenvalue weighted by Gasteiger charge is 2.37. The van der Waals surface area contributed by atoms with Crippen LogP contribution in [0.2, 0.25) is 0 Å². The normalized spacial score (nSPS) is 14.7. The number of benzene rings is 2. The van der Waals surface area contributed by atoms with Crippen molar-refractivity contribution in [2.45, 2.75) is 26.9 Å². The molecule has 0 saturated heterocycles. The quantitative estimate of drug-likeness (QED) is 0.526. The van der Waals surface area contributed by atoms with Crippen molar-refractivity contribution < 1.29 is 0 Å². The van der Waals surface area contributed by atoms with E-state index >= 15 is 0 Å². The van der Waals surface area contributed by atoms with Gasteiger partial charge in [0.15, 0.2) is 0 Å². The van der Waals surface area contributed by atoms with Crippen LogP contribution in [0.4, 0.5) is 11.6 Å². The van der Waals surface area contributed by atoms with E-state index in [0.717, 1.165) is 42.5 Å². The number of anilines is 2. The van der Waals surface area contributed by atoms with Gasteiger partial charge in [-0.05, 0) is 38.1 Å². The lowest BCUT2D eigenvalue weighted by Gasteiger charge is -2.42. The molecule has 2 bridgehead atoms. The molecule has 4 heterocycles. The number of aryl methyl sites for hydroxylation is 2. The number of hydrogen-bond donors (Lipinski definition) is 0. The first-order chi connectivity index (χ1) is 14.2. The molecule has 0 amide bonds. The molecule has 0 N–H and O–H groups in total. The first kappa shape index (κ1) is 16.4. The number of hydrogen-bond acceptors (Lipinski definition) is 4. The average Bonchev–Trinajstić information content (AvgIpc) is 3.27. The third-order valence-corrected chi connectivity index (χ3v) is 5.95. The summed E-state index contributed by atoms with van der Waals surface area (Å²) < 4.78 is 4.20. The molecule has 0 saturated carbocycles. The molecule has 0 atom stereocenters. The Kier molecular flexibility index (Phi) is 3.38. The van der Waals surface area contributed by atoms with Gasteiger partial charge in [-0.1, -0.05) is 36.4 Å². The SMILES string of the molecule is Cc1nn(-c2ccccc2)c2c1CN1CN2Cc2c(C)nn(-c3ccccc3)c21. The number of para-hydroxylation sites is 2. The standard InChI is InChI=1S/C23H22N6/c1-16-20-13-26-15-27(22(20)28(24-16)18-9-5-3-6-10-18)14-21-17(2)25-29(23(21)26)19-11-7-4-8-12-19/h3-12H,13-15H2,1-2H3. The molecule has 0 fully saturated rings. The summed E-state index contributed by atoms with van der Waals surface area (Å²) in [6.07, 6.45) is 0. The summed E-state index contributed by atoms with van der Waals surface area (Å²) >= 11 is 0. The van der Waals surface area contributed by atoms with Crippen molar-refractivity contribution in [3.63, 3.8) is 0 Å². The Morgan fingerprint density at radius 3 is 1.45 bits per heavy atom. The lowest BCUT2D eigenvalue weighted by atomic mass is 10.1. The minimum atomic E-state index is 0.843. The van der Waals surface area contributed by atoms with Crippen molar-refractivity contribution in [3.8, 4) is 11.4 Å². The Labute approximate surface area is 169 Å². The van der Waals surface area contributed by atoms with Gasteiger partial charge in [0.1, 0.15) is 11.6 Å². The second-order valence-electron chi connectivity index (χ2n) is 7.81. The van der Waals surface area contributed by atoms with Crippen LogP contribution >= 0.6 is 0 Å². The van der Waals surface area contributed by atoms with E-state index in [1.165, 1.54) is 22.8 Å². The molecule has 0 radical (unpaired) electrons. The van der Waals surface area contributed by atoms with E-state index in [1.807, 2.05) is 12.1 Å². The van der Waals surface area contributed by atoms with Crippen LogP contribution in [0.3, 0.4) is 0 Å². The maximum absolute atomic E-state index is 4.90. The van der Waals surface area contributed by atoms with Crippen LogP contribution in [-0.4, -0.2) is 26.2 Å². The van der Waals surface area contributed by atoms with E-state index in [4.69, 9.17) is 10.2 Å². The third-order valence-electron chi connectivity index (χ3n) is 5.95. The van der Waals surface area contributed by atoms with Crippen molar-refractivity contribution in [2.24, 2.45) is 0 Å². The zero-order chi connectivity index (χ0) is 19.5. The van der Waals surface area contributed by atoms with Gasteiger partial charge in [-0.25, -0.2) is 9.36 Å². The van der Waals surface area contributed by atoms with Gasteiger partial charge in [0, 0.05) is 11.1 Å². The maximum Gasteiger partial charge on any atom is 0.139 e. The van der Waals surface area contributed by atoms with Crippen LogP contribution in [0.15, 0.2) is 60.7 Å². The number of nitrogens with zero attached hydrogens (tertiary/aromatic N) is 6. The monoisotopic (exact) mass is 382 g/mol. The Morgan fingerprint density at radius 2 is 1.03 bits per heavy atom. The summed E-state index contributed by atoms with van der Waals surface area (Å²) in [5.41, 5.74) is 6.98. The number of aromatic nitrogens is 4.